The Labute approximate surface area is 268 Å². The minimum Gasteiger partial charge on any atom is -0.495 e. The zero-order valence-corrected chi connectivity index (χ0v) is 27.8. The molecule has 0 fully saturated rings. The van der Waals surface area contributed by atoms with Gasteiger partial charge in [0.25, 0.3) is 10.0 Å². The average molecular weight is 669 g/mol. The number of nitrogens with zero attached hydrogens (tertiary/aromatic N) is 2. The van der Waals surface area contributed by atoms with Gasteiger partial charge in [-0.25, -0.2) is 8.42 Å². The first-order valence-electron chi connectivity index (χ1n) is 13.8. The summed E-state index contributed by atoms with van der Waals surface area (Å²) in [7, 11) is -2.80. The highest BCUT2D eigenvalue weighted by molar-refractivity contribution is 7.92. The minimum atomic E-state index is -4.25. The molecule has 0 bridgehead atoms. The van der Waals surface area contributed by atoms with Gasteiger partial charge in [0.15, 0.2) is 0 Å². The number of rotatable bonds is 13. The molecular formula is C31H36Cl3N3O5S. The fourth-order valence-corrected chi connectivity index (χ4v) is 6.35. The van der Waals surface area contributed by atoms with Gasteiger partial charge in [-0.15, -0.1) is 0 Å². The monoisotopic (exact) mass is 667 g/mol. The van der Waals surface area contributed by atoms with E-state index < -0.39 is 28.5 Å². The molecule has 0 aliphatic heterocycles. The van der Waals surface area contributed by atoms with E-state index in [2.05, 4.69) is 5.32 Å². The second kappa shape index (κ2) is 15.1. The topological polar surface area (TPSA) is 96.0 Å². The van der Waals surface area contributed by atoms with Crippen LogP contribution in [0.5, 0.6) is 5.75 Å². The molecule has 0 aliphatic carbocycles. The van der Waals surface area contributed by atoms with Crippen molar-refractivity contribution in [1.82, 2.24) is 10.2 Å². The normalized spacial score (nSPS) is 12.7. The van der Waals surface area contributed by atoms with Crippen LogP contribution in [-0.2, 0) is 26.2 Å². The van der Waals surface area contributed by atoms with E-state index in [4.69, 9.17) is 39.5 Å². The largest absolute Gasteiger partial charge is 0.495 e. The SMILES string of the molecule is CC[C@@H](C)NC(=O)[C@H](CC)N(Cc1ccc(Cl)c(Cl)c1)C(=O)CN(c1ccc(OC)c(Cl)c1)S(=O)(=O)c1ccc(C)cc1. The zero-order valence-electron chi connectivity index (χ0n) is 24.7. The highest BCUT2D eigenvalue weighted by Gasteiger charge is 2.34. The summed E-state index contributed by atoms with van der Waals surface area (Å²) in [6, 6.07) is 14.7. The molecule has 0 aliphatic rings. The maximum absolute atomic E-state index is 14.2. The second-order valence-electron chi connectivity index (χ2n) is 10.2. The number of ether oxygens (including phenoxy) is 1. The zero-order chi connectivity index (χ0) is 31.9. The molecule has 3 rings (SSSR count). The van der Waals surface area contributed by atoms with Gasteiger partial charge in [0.2, 0.25) is 11.8 Å². The van der Waals surface area contributed by atoms with Crippen molar-refractivity contribution in [3.8, 4) is 5.75 Å². The van der Waals surface area contributed by atoms with E-state index in [9.17, 15) is 18.0 Å². The first-order valence-corrected chi connectivity index (χ1v) is 16.4. The van der Waals surface area contributed by atoms with Gasteiger partial charge in [0, 0.05) is 12.6 Å². The van der Waals surface area contributed by atoms with Gasteiger partial charge in [0.1, 0.15) is 18.3 Å². The Balaban J connectivity index is 2.11. The lowest BCUT2D eigenvalue weighted by Crippen LogP contribution is -2.53. The number of nitrogens with one attached hydrogen (secondary N) is 1. The Hall–Kier alpha value is -2.98. The summed E-state index contributed by atoms with van der Waals surface area (Å²) in [5, 5.41) is 3.75. The van der Waals surface area contributed by atoms with Crippen molar-refractivity contribution < 1.29 is 22.7 Å². The van der Waals surface area contributed by atoms with Crippen LogP contribution < -0.4 is 14.4 Å². The number of methoxy groups -OCH3 is 1. The summed E-state index contributed by atoms with van der Waals surface area (Å²) in [6.07, 6.45) is 0.984. The van der Waals surface area contributed by atoms with Crippen LogP contribution in [0.1, 0.15) is 44.7 Å². The molecule has 3 aromatic rings. The number of anilines is 1. The number of sulfonamides is 1. The molecule has 2 atom stereocenters. The molecule has 0 radical (unpaired) electrons. The van der Waals surface area contributed by atoms with Crippen LogP contribution >= 0.6 is 34.8 Å². The van der Waals surface area contributed by atoms with Crippen molar-refractivity contribution in [3.05, 3.63) is 86.9 Å². The molecule has 0 unspecified atom stereocenters. The Morgan fingerprint density at radius 3 is 2.14 bits per heavy atom. The molecule has 43 heavy (non-hydrogen) atoms. The number of amides is 2. The van der Waals surface area contributed by atoms with Gasteiger partial charge in [0.05, 0.1) is 32.8 Å². The molecule has 1 N–H and O–H groups in total. The molecule has 0 aromatic heterocycles. The fraction of sp³-hybridized carbons (Fsp3) is 0.355. The van der Waals surface area contributed by atoms with E-state index >= 15 is 0 Å². The summed E-state index contributed by atoms with van der Waals surface area (Å²) in [4.78, 5) is 29.0. The van der Waals surface area contributed by atoms with Crippen LogP contribution in [0, 0.1) is 6.92 Å². The van der Waals surface area contributed by atoms with Gasteiger partial charge < -0.3 is 15.0 Å². The number of hydrogen-bond acceptors (Lipinski definition) is 5. The summed E-state index contributed by atoms with van der Waals surface area (Å²) in [5.74, 6) is -0.594. The maximum atomic E-state index is 14.2. The molecule has 0 spiro atoms. The molecule has 0 heterocycles. The van der Waals surface area contributed by atoms with E-state index in [1.54, 1.807) is 37.3 Å². The van der Waals surface area contributed by atoms with Gasteiger partial charge in [-0.1, -0.05) is 72.4 Å². The quantitative estimate of drug-likeness (QED) is 0.214. The molecule has 3 aromatic carbocycles. The van der Waals surface area contributed by atoms with E-state index in [1.165, 1.54) is 42.3 Å². The lowest BCUT2D eigenvalue weighted by atomic mass is 10.1. The van der Waals surface area contributed by atoms with Gasteiger partial charge in [-0.05, 0) is 74.7 Å². The Bertz CT molecular complexity index is 1550. The van der Waals surface area contributed by atoms with Gasteiger partial charge in [-0.2, -0.15) is 0 Å². The standard InChI is InChI=1S/C31H36Cl3N3O5S/c1-6-21(4)35-31(39)28(7-2)36(18-22-10-14-25(32)26(33)16-22)30(38)19-37(23-11-15-29(42-5)27(34)17-23)43(40,41)24-12-8-20(3)9-13-24/h8-17,21,28H,6-7,18-19H2,1-5H3,(H,35,39)/t21-,28+/m1/s1. The number of carbonyl (C=O) groups is 2. The van der Waals surface area contributed by atoms with Crippen LogP contribution in [0.4, 0.5) is 5.69 Å². The lowest BCUT2D eigenvalue weighted by Gasteiger charge is -2.34. The first kappa shape index (κ1) is 34.5. The maximum Gasteiger partial charge on any atom is 0.264 e. The minimum absolute atomic E-state index is 0.00423. The predicted octanol–water partition coefficient (Wildman–Crippen LogP) is 6.88. The third-order valence-electron chi connectivity index (χ3n) is 7.04. The highest BCUT2D eigenvalue weighted by Crippen LogP contribution is 2.32. The van der Waals surface area contributed by atoms with Crippen LogP contribution in [0.2, 0.25) is 15.1 Å². The van der Waals surface area contributed by atoms with Crippen LogP contribution in [0.3, 0.4) is 0 Å². The molecule has 0 saturated heterocycles. The lowest BCUT2D eigenvalue weighted by molar-refractivity contribution is -0.140. The van der Waals surface area contributed by atoms with Crippen LogP contribution in [-0.4, -0.2) is 50.9 Å². The summed E-state index contributed by atoms with van der Waals surface area (Å²) < 4.78 is 34.3. The summed E-state index contributed by atoms with van der Waals surface area (Å²) in [5.41, 5.74) is 1.66. The van der Waals surface area contributed by atoms with E-state index in [0.29, 0.717) is 27.8 Å². The number of benzene rings is 3. The predicted molar refractivity (Wildman–Crippen MR) is 173 cm³/mol. The third-order valence-corrected chi connectivity index (χ3v) is 9.86. The summed E-state index contributed by atoms with van der Waals surface area (Å²) in [6.45, 7) is 6.84. The van der Waals surface area contributed by atoms with Crippen LogP contribution in [0.25, 0.3) is 0 Å². The molecule has 0 saturated carbocycles. The number of aryl methyl sites for hydroxylation is 1. The smallest absolute Gasteiger partial charge is 0.264 e. The number of carbonyl (C=O) groups excluding carboxylic acids is 2. The van der Waals surface area contributed by atoms with Crippen molar-refractivity contribution in [2.45, 2.75) is 64.1 Å². The molecule has 12 heteroatoms. The first-order chi connectivity index (χ1) is 20.3. The van der Waals surface area contributed by atoms with Crippen molar-refractivity contribution in [2.24, 2.45) is 0 Å². The van der Waals surface area contributed by atoms with E-state index in [0.717, 1.165) is 9.87 Å². The molecule has 232 valence electrons. The number of hydrogen-bond donors (Lipinski definition) is 1. The molecule has 8 nitrogen and oxygen atoms in total. The Morgan fingerprint density at radius 2 is 1.58 bits per heavy atom. The Morgan fingerprint density at radius 1 is 0.907 bits per heavy atom. The number of halogens is 3. The fourth-order valence-electron chi connectivity index (χ4n) is 4.37. The van der Waals surface area contributed by atoms with Gasteiger partial charge in [-0.3, -0.25) is 13.9 Å². The van der Waals surface area contributed by atoms with Crippen molar-refractivity contribution >= 4 is 62.3 Å². The second-order valence-corrected chi connectivity index (χ2v) is 13.2. The van der Waals surface area contributed by atoms with Crippen molar-refractivity contribution in [3.63, 3.8) is 0 Å². The summed E-state index contributed by atoms with van der Waals surface area (Å²) >= 11 is 18.8. The molecule has 2 amide bonds. The third kappa shape index (κ3) is 8.56. The van der Waals surface area contributed by atoms with Crippen LogP contribution in [0.15, 0.2) is 65.6 Å². The van der Waals surface area contributed by atoms with Gasteiger partial charge >= 0.3 is 0 Å². The van der Waals surface area contributed by atoms with Crippen molar-refractivity contribution in [1.29, 1.82) is 0 Å². The van der Waals surface area contributed by atoms with E-state index in [1.807, 2.05) is 20.8 Å². The van der Waals surface area contributed by atoms with Crippen molar-refractivity contribution in [2.75, 3.05) is 18.0 Å². The Kier molecular flexibility index (Phi) is 12.2. The van der Waals surface area contributed by atoms with E-state index in [-0.39, 0.29) is 40.5 Å². The highest BCUT2D eigenvalue weighted by atomic mass is 35.5. The molecular weight excluding hydrogens is 633 g/mol. The average Bonchev–Trinajstić information content (AvgIpc) is 2.97.